The Labute approximate surface area is 217 Å². The Kier molecular flexibility index (Phi) is 5.24. The van der Waals surface area contributed by atoms with Gasteiger partial charge in [-0.1, -0.05) is 24.3 Å². The van der Waals surface area contributed by atoms with E-state index in [0.717, 1.165) is 65.9 Å². The summed E-state index contributed by atoms with van der Waals surface area (Å²) in [4.78, 5) is 13.0. The van der Waals surface area contributed by atoms with Crippen molar-refractivity contribution in [3.63, 3.8) is 0 Å². The van der Waals surface area contributed by atoms with Crippen LogP contribution in [0.2, 0.25) is 0 Å². The third-order valence-electron chi connectivity index (χ3n) is 9.47. The van der Waals surface area contributed by atoms with Crippen LogP contribution >= 0.6 is 0 Å². The summed E-state index contributed by atoms with van der Waals surface area (Å²) >= 11 is 0. The lowest BCUT2D eigenvalue weighted by Gasteiger charge is -2.55. The second-order valence-electron chi connectivity index (χ2n) is 12.0. The summed E-state index contributed by atoms with van der Waals surface area (Å²) in [5.41, 5.74) is 3.48. The van der Waals surface area contributed by atoms with Crippen LogP contribution in [0.1, 0.15) is 68.0 Å². The molecule has 1 amide bonds. The van der Waals surface area contributed by atoms with Crippen LogP contribution in [0, 0.1) is 23.7 Å². The summed E-state index contributed by atoms with van der Waals surface area (Å²) in [6.07, 6.45) is 11.9. The van der Waals surface area contributed by atoms with Gasteiger partial charge in [0.1, 0.15) is 5.60 Å². The van der Waals surface area contributed by atoms with Crippen molar-refractivity contribution in [2.45, 2.75) is 67.4 Å². The molecule has 0 spiro atoms. The van der Waals surface area contributed by atoms with Crippen molar-refractivity contribution >= 4 is 27.5 Å². The Hall–Kier alpha value is -2.84. The number of sulfonamides is 1. The number of nitrogens with two attached hydrogens (primary N) is 1. The first-order chi connectivity index (χ1) is 17.7. The summed E-state index contributed by atoms with van der Waals surface area (Å²) < 4.78 is 29.9. The highest BCUT2D eigenvalue weighted by Crippen LogP contribution is 2.57. The van der Waals surface area contributed by atoms with E-state index in [-0.39, 0.29) is 34.5 Å². The Balaban J connectivity index is 1.06. The largest absolute Gasteiger partial charge is 0.443 e. The van der Waals surface area contributed by atoms with E-state index in [1.807, 2.05) is 12.1 Å². The van der Waals surface area contributed by atoms with E-state index in [1.54, 1.807) is 18.2 Å². The van der Waals surface area contributed by atoms with Gasteiger partial charge in [0.05, 0.1) is 10.9 Å². The lowest BCUT2D eigenvalue weighted by atomic mass is 9.54. The van der Waals surface area contributed by atoms with Gasteiger partial charge < -0.3 is 10.1 Å². The van der Waals surface area contributed by atoms with Gasteiger partial charge in [0.15, 0.2) is 0 Å². The maximum Gasteiger partial charge on any atom is 0.412 e. The van der Waals surface area contributed by atoms with Crippen LogP contribution in [0.5, 0.6) is 0 Å². The van der Waals surface area contributed by atoms with Crippen molar-refractivity contribution in [3.05, 3.63) is 65.7 Å². The Morgan fingerprint density at radius 3 is 2.32 bits per heavy atom. The minimum absolute atomic E-state index is 0.0702. The van der Waals surface area contributed by atoms with E-state index in [9.17, 15) is 13.2 Å². The number of hydrogen-bond acceptors (Lipinski definition) is 5. The molecule has 3 atom stereocenters. The molecule has 0 saturated heterocycles. The number of hydrogen-bond donors (Lipinski definition) is 3. The van der Waals surface area contributed by atoms with E-state index >= 15 is 0 Å². The van der Waals surface area contributed by atoms with Gasteiger partial charge in [0.25, 0.3) is 0 Å². The van der Waals surface area contributed by atoms with Crippen LogP contribution in [0.3, 0.4) is 0 Å². The Bertz CT molecular complexity index is 1350. The zero-order chi connectivity index (χ0) is 25.4. The topological polar surface area (TPSA) is 111 Å². The summed E-state index contributed by atoms with van der Waals surface area (Å²) in [5.74, 6) is 2.57. The van der Waals surface area contributed by atoms with Crippen molar-refractivity contribution in [1.82, 2.24) is 0 Å². The number of carbonyl (C=O) groups excluding carboxylic acids is 1. The number of ether oxygens (including phenoxy) is 1. The van der Waals surface area contributed by atoms with Crippen molar-refractivity contribution in [1.29, 1.82) is 0 Å². The van der Waals surface area contributed by atoms with Crippen LogP contribution in [-0.2, 0) is 14.8 Å². The number of benzene rings is 2. The minimum Gasteiger partial charge on any atom is -0.443 e. The van der Waals surface area contributed by atoms with Gasteiger partial charge in [-0.2, -0.15) is 0 Å². The first kappa shape index (κ1) is 23.3. The van der Waals surface area contributed by atoms with Gasteiger partial charge in [-0.05, 0) is 110 Å². The summed E-state index contributed by atoms with van der Waals surface area (Å²) in [6, 6.07) is 13.1. The molecule has 2 aromatic rings. The van der Waals surface area contributed by atoms with E-state index in [0.29, 0.717) is 0 Å². The number of fused-ring (bicyclic) bond motifs is 3. The number of carbonyl (C=O) groups is 1. The van der Waals surface area contributed by atoms with Crippen molar-refractivity contribution in [3.8, 4) is 0 Å². The molecule has 4 bridgehead atoms. The van der Waals surface area contributed by atoms with Crippen molar-refractivity contribution in [2.24, 2.45) is 28.8 Å². The van der Waals surface area contributed by atoms with Crippen LogP contribution in [0.4, 0.5) is 16.2 Å². The molecule has 6 aliphatic rings. The molecule has 0 radical (unpaired) electrons. The molecular formula is C29H33N3O4S. The molecule has 7 nitrogen and oxygen atoms in total. The smallest absolute Gasteiger partial charge is 0.412 e. The SMILES string of the molecule is NS(=O)(=O)c1ccc2c(c1)[C@H]1C=CC[C@H]1[C@@H](c1ccc(NC(=O)OC34CC5CC(CC(C5)C3)C4)cc1)N2. The molecule has 2 aromatic carbocycles. The molecule has 4 fully saturated rings. The molecule has 1 heterocycles. The summed E-state index contributed by atoms with van der Waals surface area (Å²) in [6.45, 7) is 0. The van der Waals surface area contributed by atoms with E-state index in [1.165, 1.54) is 19.3 Å². The third kappa shape index (κ3) is 4.14. The lowest BCUT2D eigenvalue weighted by molar-refractivity contribution is -0.124. The normalized spacial score (nSPS) is 34.9. The molecule has 0 aromatic heterocycles. The quantitative estimate of drug-likeness (QED) is 0.450. The van der Waals surface area contributed by atoms with Gasteiger partial charge in [-0.25, -0.2) is 18.4 Å². The van der Waals surface area contributed by atoms with Crippen molar-refractivity contribution in [2.75, 3.05) is 10.6 Å². The highest BCUT2D eigenvalue weighted by atomic mass is 32.2. The second-order valence-corrected chi connectivity index (χ2v) is 13.6. The molecule has 1 aliphatic heterocycles. The molecule has 0 unspecified atom stereocenters. The molecule has 4 N–H and O–H groups in total. The number of amides is 1. The number of anilines is 2. The maximum atomic E-state index is 12.9. The van der Waals surface area contributed by atoms with Gasteiger partial charge >= 0.3 is 6.09 Å². The van der Waals surface area contributed by atoms with Gasteiger partial charge in [0.2, 0.25) is 10.0 Å². The maximum absolute atomic E-state index is 12.9. The van der Waals surface area contributed by atoms with Crippen LogP contribution in [-0.4, -0.2) is 20.1 Å². The standard InChI is InChI=1S/C29H33N3O4S/c30-37(34,35)22-8-9-26-25(13-22)23-2-1-3-24(23)27(32-26)20-4-6-21(7-5-20)31-28(33)36-29-14-17-10-18(15-29)12-19(11-17)16-29/h1-2,4-9,13,17-19,23-24,27,32H,3,10-12,14-16H2,(H,31,33)(H2,30,34,35)/t17?,18?,19?,23-,24+,27+,29?/m0/s1. The molecule has 194 valence electrons. The predicted octanol–water partition coefficient (Wildman–Crippen LogP) is 5.68. The first-order valence-corrected chi connectivity index (χ1v) is 15.0. The number of primary sulfonamides is 1. The second kappa shape index (κ2) is 8.33. The fourth-order valence-corrected chi connectivity index (χ4v) is 8.90. The molecule has 8 heteroatoms. The Morgan fingerprint density at radius 2 is 1.68 bits per heavy atom. The van der Waals surface area contributed by atoms with Crippen LogP contribution < -0.4 is 15.8 Å². The predicted molar refractivity (Wildman–Crippen MR) is 142 cm³/mol. The highest BCUT2D eigenvalue weighted by molar-refractivity contribution is 7.89. The van der Waals surface area contributed by atoms with Crippen LogP contribution in [0.15, 0.2) is 59.5 Å². The van der Waals surface area contributed by atoms with Gasteiger partial charge in [-0.15, -0.1) is 0 Å². The highest BCUT2D eigenvalue weighted by Gasteiger charge is 2.53. The van der Waals surface area contributed by atoms with E-state index < -0.39 is 10.0 Å². The zero-order valence-electron chi connectivity index (χ0n) is 20.7. The first-order valence-electron chi connectivity index (χ1n) is 13.4. The molecular weight excluding hydrogens is 486 g/mol. The number of allylic oxidation sites excluding steroid dienone is 2. The lowest BCUT2D eigenvalue weighted by Crippen LogP contribution is -2.53. The fraction of sp³-hybridized carbons (Fsp3) is 0.483. The van der Waals surface area contributed by atoms with Gasteiger partial charge in [-0.3, -0.25) is 5.32 Å². The van der Waals surface area contributed by atoms with Crippen molar-refractivity contribution < 1.29 is 17.9 Å². The average molecular weight is 520 g/mol. The number of nitrogens with one attached hydrogen (secondary N) is 2. The molecule has 5 aliphatic carbocycles. The van der Waals surface area contributed by atoms with Crippen LogP contribution in [0.25, 0.3) is 0 Å². The van der Waals surface area contributed by atoms with E-state index in [2.05, 4.69) is 34.9 Å². The van der Waals surface area contributed by atoms with E-state index in [4.69, 9.17) is 9.88 Å². The summed E-state index contributed by atoms with van der Waals surface area (Å²) in [5, 5.41) is 12.0. The summed E-state index contributed by atoms with van der Waals surface area (Å²) in [7, 11) is -3.76. The minimum atomic E-state index is -3.76. The number of rotatable bonds is 4. The monoisotopic (exact) mass is 519 g/mol. The average Bonchev–Trinajstić information content (AvgIpc) is 3.32. The third-order valence-corrected chi connectivity index (χ3v) is 10.4. The zero-order valence-corrected chi connectivity index (χ0v) is 21.5. The Morgan fingerprint density at radius 1 is 1.00 bits per heavy atom. The molecule has 4 saturated carbocycles. The molecule has 37 heavy (non-hydrogen) atoms. The van der Waals surface area contributed by atoms with Gasteiger partial charge in [0, 0.05) is 17.3 Å². The molecule has 8 rings (SSSR count). The fourth-order valence-electron chi connectivity index (χ4n) is 8.35.